The summed E-state index contributed by atoms with van der Waals surface area (Å²) in [6.45, 7) is 0. The van der Waals surface area contributed by atoms with Crippen LogP contribution in [0.5, 0.6) is 5.75 Å². The van der Waals surface area contributed by atoms with Crippen LogP contribution in [0.3, 0.4) is 0 Å². The van der Waals surface area contributed by atoms with E-state index in [0.29, 0.717) is 0 Å². The fourth-order valence-corrected chi connectivity index (χ4v) is 5.40. The summed E-state index contributed by atoms with van der Waals surface area (Å²) in [5.41, 5.74) is 0.543. The number of ketones is 2. The summed E-state index contributed by atoms with van der Waals surface area (Å²) in [5.74, 6) is -7.96. The van der Waals surface area contributed by atoms with Crippen LogP contribution in [0, 0.1) is 22.0 Å². The van der Waals surface area contributed by atoms with Crippen LogP contribution in [-0.4, -0.2) is 73.5 Å². The fourth-order valence-electron chi connectivity index (χ4n) is 5.40. The lowest BCUT2D eigenvalue weighted by Crippen LogP contribution is -2.65. The van der Waals surface area contributed by atoms with E-state index in [1.165, 1.54) is 19.0 Å². The van der Waals surface area contributed by atoms with E-state index in [0.717, 1.165) is 12.1 Å². The van der Waals surface area contributed by atoms with Gasteiger partial charge in [-0.3, -0.25) is 29.4 Å². The van der Waals surface area contributed by atoms with Crippen molar-refractivity contribution in [3.05, 3.63) is 50.3 Å². The molecule has 0 aromatic heterocycles. The largest absolute Gasteiger partial charge is 0.508 e. The molecule has 3 aliphatic carbocycles. The van der Waals surface area contributed by atoms with E-state index >= 15 is 0 Å². The molecule has 0 heterocycles. The quantitative estimate of drug-likeness (QED) is 0.220. The first-order valence-corrected chi connectivity index (χ1v) is 9.98. The molecule has 4 rings (SSSR count). The molecule has 34 heavy (non-hydrogen) atoms. The molecule has 4 atom stereocenters. The molecule has 1 aromatic rings. The molecule has 0 radical (unpaired) electrons. The average Bonchev–Trinajstić information content (AvgIpc) is 2.70. The van der Waals surface area contributed by atoms with Gasteiger partial charge in [0, 0.05) is 23.1 Å². The number of nitrogens with two attached hydrogens (primary N) is 1. The van der Waals surface area contributed by atoms with E-state index < -0.39 is 68.7 Å². The maximum atomic E-state index is 13.6. The second-order valence-electron chi connectivity index (χ2n) is 8.68. The molecule has 6 N–H and O–H groups in total. The lowest BCUT2D eigenvalue weighted by Gasteiger charge is -2.50. The number of nitro groups is 1. The lowest BCUT2D eigenvalue weighted by molar-refractivity contribution is -0.385. The molecule has 0 aliphatic heterocycles. The molecule has 0 saturated heterocycles. The molecule has 1 aromatic carbocycles. The van der Waals surface area contributed by atoms with Gasteiger partial charge in [0.05, 0.1) is 16.5 Å². The highest BCUT2D eigenvalue weighted by Gasteiger charge is 2.64. The van der Waals surface area contributed by atoms with Crippen molar-refractivity contribution in [2.24, 2.45) is 17.6 Å². The van der Waals surface area contributed by atoms with Crippen LogP contribution in [-0.2, 0) is 20.8 Å². The summed E-state index contributed by atoms with van der Waals surface area (Å²) in [6, 6.07) is 0.859. The van der Waals surface area contributed by atoms with Gasteiger partial charge >= 0.3 is 0 Å². The summed E-state index contributed by atoms with van der Waals surface area (Å²) < 4.78 is 0. The average molecular weight is 496 g/mol. The van der Waals surface area contributed by atoms with Gasteiger partial charge < -0.3 is 26.2 Å². The number of rotatable bonds is 3. The van der Waals surface area contributed by atoms with E-state index in [1.54, 1.807) is 0 Å². The smallest absolute Gasteiger partial charge is 0.273 e. The Bertz CT molecular complexity index is 1220. The zero-order valence-electron chi connectivity index (χ0n) is 18.0. The second kappa shape index (κ2) is 8.08. The number of nitro benzene ring substituents is 1. The number of phenolic OH excluding ortho intramolecular Hbond substituents is 1. The van der Waals surface area contributed by atoms with E-state index in [9.17, 15) is 44.9 Å². The molecule has 4 unspecified atom stereocenters. The van der Waals surface area contributed by atoms with Gasteiger partial charge in [0.25, 0.3) is 11.6 Å². The molecule has 3 aliphatic rings. The summed E-state index contributed by atoms with van der Waals surface area (Å²) in [4.78, 5) is 50.6. The number of aromatic hydroxyl groups is 1. The van der Waals surface area contributed by atoms with Gasteiger partial charge in [0.1, 0.15) is 22.8 Å². The third-order valence-electron chi connectivity index (χ3n) is 6.78. The number of hydrogen-bond acceptors (Lipinski definition) is 10. The Morgan fingerprint density at radius 3 is 2.38 bits per heavy atom. The SMILES string of the molecule is CN(C)C1C(=O)C(C(N)=O)=C(O)C2(O)C(=O)C3=C(O)c4c(O)ccc([N+](=O)[O-])c4CC3CC12.Cl. The van der Waals surface area contributed by atoms with Crippen LogP contribution in [0.25, 0.3) is 5.76 Å². The molecule has 1 fully saturated rings. The lowest BCUT2D eigenvalue weighted by atomic mass is 9.57. The number of benzene rings is 1. The number of amides is 1. The van der Waals surface area contributed by atoms with Crippen molar-refractivity contribution in [3.8, 4) is 5.75 Å². The first-order chi connectivity index (χ1) is 15.3. The number of halogens is 1. The van der Waals surface area contributed by atoms with E-state index in [1.807, 2.05) is 0 Å². The van der Waals surface area contributed by atoms with Crippen LogP contribution in [0.2, 0.25) is 0 Å². The molecule has 1 saturated carbocycles. The minimum atomic E-state index is -2.75. The highest BCUT2D eigenvalue weighted by molar-refractivity contribution is 6.24. The standard InChI is InChI=1S/C21H21N3O9.ClH/c1-23(2)15-9-6-7-5-8-10(24(32)33)3-4-11(25)13(8)16(26)12(7)18(28)21(9,31)19(29)14(17(15)27)20(22)30;/h3-4,7,9,15,25-26,29,31H,5-6H2,1-2H3,(H2,22,30);1H. The van der Waals surface area contributed by atoms with Crippen LogP contribution in [0.15, 0.2) is 29.0 Å². The van der Waals surface area contributed by atoms with Gasteiger partial charge in [-0.1, -0.05) is 0 Å². The fraction of sp³-hybridized carbons (Fsp3) is 0.381. The molecule has 1 amide bonds. The zero-order valence-corrected chi connectivity index (χ0v) is 18.8. The number of fused-ring (bicyclic) bond motifs is 3. The zero-order chi connectivity index (χ0) is 24.6. The van der Waals surface area contributed by atoms with Crippen LogP contribution >= 0.6 is 12.4 Å². The Morgan fingerprint density at radius 2 is 1.85 bits per heavy atom. The number of hydrogen-bond donors (Lipinski definition) is 5. The molecule has 0 spiro atoms. The topological polar surface area (TPSA) is 205 Å². The summed E-state index contributed by atoms with van der Waals surface area (Å²) in [5, 5.41) is 54.8. The van der Waals surface area contributed by atoms with Crippen molar-refractivity contribution in [1.82, 2.24) is 4.90 Å². The maximum absolute atomic E-state index is 13.6. The number of nitrogens with zero attached hydrogens (tertiary/aromatic N) is 2. The number of Topliss-reactive ketones (excluding diaryl/α,β-unsaturated/α-hetero) is 2. The highest BCUT2D eigenvalue weighted by atomic mass is 35.5. The number of aliphatic hydroxyl groups is 3. The second-order valence-corrected chi connectivity index (χ2v) is 8.68. The summed E-state index contributed by atoms with van der Waals surface area (Å²) in [7, 11) is 2.96. The number of carbonyl (C=O) groups excluding carboxylic acids is 3. The van der Waals surface area contributed by atoms with Crippen molar-refractivity contribution in [2.45, 2.75) is 24.5 Å². The first kappa shape index (κ1) is 25.1. The van der Waals surface area contributed by atoms with E-state index in [-0.39, 0.29) is 47.6 Å². The van der Waals surface area contributed by atoms with Gasteiger partial charge in [-0.15, -0.1) is 12.4 Å². The van der Waals surface area contributed by atoms with Crippen molar-refractivity contribution in [3.63, 3.8) is 0 Å². The third kappa shape index (κ3) is 3.10. The molecular weight excluding hydrogens is 474 g/mol. The van der Waals surface area contributed by atoms with Crippen LogP contribution in [0.4, 0.5) is 5.69 Å². The minimum Gasteiger partial charge on any atom is -0.508 e. The van der Waals surface area contributed by atoms with E-state index in [4.69, 9.17) is 5.73 Å². The Balaban J connectivity index is 0.00000324. The van der Waals surface area contributed by atoms with Gasteiger partial charge in [-0.2, -0.15) is 0 Å². The molecule has 182 valence electrons. The summed E-state index contributed by atoms with van der Waals surface area (Å²) >= 11 is 0. The van der Waals surface area contributed by atoms with Crippen LogP contribution < -0.4 is 5.73 Å². The predicted octanol–water partition coefficient (Wildman–Crippen LogP) is 0.294. The van der Waals surface area contributed by atoms with Gasteiger partial charge in [0.15, 0.2) is 11.4 Å². The van der Waals surface area contributed by atoms with Crippen molar-refractivity contribution in [2.75, 3.05) is 14.1 Å². The normalized spacial score (nSPS) is 28.2. The monoisotopic (exact) mass is 495 g/mol. The predicted molar refractivity (Wildman–Crippen MR) is 118 cm³/mol. The Hall–Kier alpha value is -3.48. The number of phenols is 1. The maximum Gasteiger partial charge on any atom is 0.273 e. The number of primary amides is 1. The van der Waals surface area contributed by atoms with Crippen molar-refractivity contribution in [1.29, 1.82) is 0 Å². The van der Waals surface area contributed by atoms with Crippen molar-refractivity contribution < 1.29 is 39.7 Å². The highest BCUT2D eigenvalue weighted by Crippen LogP contribution is 2.53. The van der Waals surface area contributed by atoms with Crippen LogP contribution in [0.1, 0.15) is 17.5 Å². The number of aliphatic hydroxyl groups excluding tert-OH is 2. The Labute approximate surface area is 198 Å². The first-order valence-electron chi connectivity index (χ1n) is 9.98. The van der Waals surface area contributed by atoms with E-state index in [2.05, 4.69) is 0 Å². The molecular formula is C21H22ClN3O9. The van der Waals surface area contributed by atoms with Gasteiger partial charge in [-0.05, 0) is 38.9 Å². The molecule has 13 heteroatoms. The van der Waals surface area contributed by atoms with Gasteiger partial charge in [0.2, 0.25) is 5.78 Å². The third-order valence-corrected chi connectivity index (χ3v) is 6.78. The molecule has 12 nitrogen and oxygen atoms in total. The van der Waals surface area contributed by atoms with Gasteiger partial charge in [-0.25, -0.2) is 0 Å². The minimum absolute atomic E-state index is 0. The Kier molecular flexibility index (Phi) is 5.98. The summed E-state index contributed by atoms with van der Waals surface area (Å²) in [6.07, 6.45) is -0.280. The number of carbonyl (C=O) groups is 3. The Morgan fingerprint density at radius 1 is 1.24 bits per heavy atom. The van der Waals surface area contributed by atoms with Crippen molar-refractivity contribution >= 4 is 41.3 Å². The molecule has 0 bridgehead atoms. The number of likely N-dealkylation sites (N-methyl/N-ethyl adjacent to an activating group) is 1.